The fraction of sp³-hybridized carbons (Fsp3) is 0.0435. The highest BCUT2D eigenvalue weighted by molar-refractivity contribution is 6.31. The minimum atomic E-state index is -4.70. The Hall–Kier alpha value is -4.05. The van der Waals surface area contributed by atoms with Gasteiger partial charge in [0, 0.05) is 29.3 Å². The maximum Gasteiger partial charge on any atom is 0.417 e. The van der Waals surface area contributed by atoms with Crippen LogP contribution in [-0.2, 0) is 6.18 Å². The first kappa shape index (κ1) is 23.1. The normalized spacial score (nSPS) is 11.3. The van der Waals surface area contributed by atoms with E-state index in [0.717, 1.165) is 18.2 Å². The van der Waals surface area contributed by atoms with E-state index in [2.05, 4.69) is 20.6 Å². The first-order chi connectivity index (χ1) is 16.1. The topological polar surface area (TPSA) is 84.0 Å². The molecule has 2 N–H and O–H groups in total. The van der Waals surface area contributed by atoms with Crippen LogP contribution in [0.25, 0.3) is 11.0 Å². The summed E-state index contributed by atoms with van der Waals surface area (Å²) < 4.78 is 53.4. The van der Waals surface area contributed by atoms with Crippen LogP contribution in [0.3, 0.4) is 0 Å². The second-order valence-corrected chi connectivity index (χ2v) is 7.46. The van der Waals surface area contributed by atoms with Crippen LogP contribution in [0.1, 0.15) is 21.5 Å². The van der Waals surface area contributed by atoms with E-state index in [0.29, 0.717) is 17.1 Å². The van der Waals surface area contributed by atoms with Crippen molar-refractivity contribution in [2.75, 3.05) is 10.6 Å². The Morgan fingerprint density at radius 2 is 1.47 bits per heavy atom. The first-order valence-electron chi connectivity index (χ1n) is 9.61. The molecule has 0 unspecified atom stereocenters. The summed E-state index contributed by atoms with van der Waals surface area (Å²) in [5, 5.41) is 4.09. The van der Waals surface area contributed by atoms with Gasteiger partial charge in [-0.1, -0.05) is 11.6 Å². The quantitative estimate of drug-likeness (QED) is 0.260. The molecule has 0 fully saturated rings. The predicted octanol–water partition coefficient (Wildman–Crippen LogP) is 6.32. The number of ketones is 1. The number of rotatable bonds is 4. The molecule has 0 atom stereocenters. The molecule has 0 spiro atoms. The fourth-order valence-corrected chi connectivity index (χ4v) is 3.38. The van der Waals surface area contributed by atoms with Crippen LogP contribution in [0.4, 0.5) is 33.7 Å². The Bertz CT molecular complexity index is 1430. The molecule has 0 aliphatic heterocycles. The molecule has 172 valence electrons. The second-order valence-electron chi connectivity index (χ2n) is 7.06. The number of nitrogens with zero attached hydrogens (tertiary/aromatic N) is 2. The van der Waals surface area contributed by atoms with Crippen LogP contribution in [0.2, 0.25) is 5.02 Å². The highest BCUT2D eigenvalue weighted by Gasteiger charge is 2.33. The summed E-state index contributed by atoms with van der Waals surface area (Å²) in [4.78, 5) is 33.4. The van der Waals surface area contributed by atoms with Gasteiger partial charge in [-0.2, -0.15) is 13.2 Å². The van der Waals surface area contributed by atoms with Crippen LogP contribution >= 0.6 is 11.6 Å². The third-order valence-electron chi connectivity index (χ3n) is 4.73. The predicted molar refractivity (Wildman–Crippen MR) is 118 cm³/mol. The lowest BCUT2D eigenvalue weighted by molar-refractivity contribution is -0.137. The zero-order valence-corrected chi connectivity index (χ0v) is 17.7. The fourth-order valence-electron chi connectivity index (χ4n) is 3.15. The number of alkyl halides is 3. The van der Waals surface area contributed by atoms with Gasteiger partial charge < -0.3 is 10.6 Å². The molecule has 4 rings (SSSR count). The van der Waals surface area contributed by atoms with Gasteiger partial charge in [0.25, 0.3) is 0 Å². The number of amides is 2. The zero-order valence-electron chi connectivity index (χ0n) is 17.0. The van der Waals surface area contributed by atoms with Crippen molar-refractivity contribution in [3.63, 3.8) is 0 Å². The van der Waals surface area contributed by atoms with Crippen LogP contribution in [0.5, 0.6) is 0 Å². The molecule has 0 bridgehead atoms. The summed E-state index contributed by atoms with van der Waals surface area (Å²) in [6.07, 6.45) is -1.75. The van der Waals surface area contributed by atoms with Gasteiger partial charge in [-0.3, -0.25) is 14.8 Å². The van der Waals surface area contributed by atoms with Crippen LogP contribution in [0, 0.1) is 5.82 Å². The maximum atomic E-state index is 14.4. The van der Waals surface area contributed by atoms with Gasteiger partial charge in [0.1, 0.15) is 5.82 Å². The Kier molecular flexibility index (Phi) is 6.16. The molecule has 3 aromatic carbocycles. The van der Waals surface area contributed by atoms with Crippen molar-refractivity contribution in [3.8, 4) is 0 Å². The van der Waals surface area contributed by atoms with Crippen molar-refractivity contribution in [2.24, 2.45) is 0 Å². The first-order valence-corrected chi connectivity index (χ1v) is 9.99. The van der Waals surface area contributed by atoms with Gasteiger partial charge in [-0.15, -0.1) is 0 Å². The smallest absolute Gasteiger partial charge is 0.308 e. The monoisotopic (exact) mass is 488 g/mol. The third kappa shape index (κ3) is 4.96. The highest BCUT2D eigenvalue weighted by Crippen LogP contribution is 2.36. The summed E-state index contributed by atoms with van der Waals surface area (Å²) in [7, 11) is 0. The Morgan fingerprint density at radius 1 is 0.824 bits per heavy atom. The SMILES string of the molecule is O=C(Nc1ccc(F)c(C(=O)c2ccc3nccnc3c2)c1)Nc1ccc(Cl)c(C(F)(F)F)c1. The molecule has 1 heterocycles. The number of aromatic nitrogens is 2. The molecule has 6 nitrogen and oxygen atoms in total. The number of nitrogens with one attached hydrogen (secondary N) is 2. The van der Waals surface area contributed by atoms with Gasteiger partial charge in [0.15, 0.2) is 5.78 Å². The number of hydrogen-bond donors (Lipinski definition) is 2. The minimum Gasteiger partial charge on any atom is -0.308 e. The largest absolute Gasteiger partial charge is 0.417 e. The maximum absolute atomic E-state index is 14.4. The number of carbonyl (C=O) groups excluding carboxylic acids is 2. The number of fused-ring (bicyclic) bond motifs is 1. The van der Waals surface area contributed by atoms with Crippen LogP contribution in [0.15, 0.2) is 67.0 Å². The molecule has 1 aromatic heterocycles. The second kappa shape index (κ2) is 9.06. The number of halogens is 5. The zero-order chi connectivity index (χ0) is 24.5. The lowest BCUT2D eigenvalue weighted by atomic mass is 10.0. The molecule has 0 saturated carbocycles. The minimum absolute atomic E-state index is 0.0489. The van der Waals surface area contributed by atoms with E-state index in [1.54, 1.807) is 6.07 Å². The summed E-state index contributed by atoms with van der Waals surface area (Å²) in [5.74, 6) is -1.47. The van der Waals surface area contributed by atoms with Gasteiger partial charge in [-0.25, -0.2) is 9.18 Å². The molecular weight excluding hydrogens is 476 g/mol. The number of anilines is 2. The molecule has 34 heavy (non-hydrogen) atoms. The van der Waals surface area contributed by atoms with E-state index in [9.17, 15) is 27.2 Å². The molecule has 0 aliphatic rings. The average Bonchev–Trinajstić information content (AvgIpc) is 2.80. The summed E-state index contributed by atoms with van der Waals surface area (Å²) in [6.45, 7) is 0. The summed E-state index contributed by atoms with van der Waals surface area (Å²) in [5.41, 5.74) is -0.369. The molecule has 4 aromatic rings. The molecule has 11 heteroatoms. The molecule has 2 amide bonds. The van der Waals surface area contributed by atoms with E-state index in [-0.39, 0.29) is 22.5 Å². The highest BCUT2D eigenvalue weighted by atomic mass is 35.5. The number of urea groups is 1. The average molecular weight is 489 g/mol. The van der Waals surface area contributed by atoms with Crippen LogP contribution in [-0.4, -0.2) is 21.8 Å². The van der Waals surface area contributed by atoms with Crippen molar-refractivity contribution >= 4 is 45.8 Å². The van der Waals surface area contributed by atoms with Crippen molar-refractivity contribution in [1.82, 2.24) is 9.97 Å². The lowest BCUT2D eigenvalue weighted by Crippen LogP contribution is -2.20. The van der Waals surface area contributed by atoms with E-state index in [4.69, 9.17) is 11.6 Å². The molecule has 0 saturated heterocycles. The molecular formula is C23H13ClF4N4O2. The van der Waals surface area contributed by atoms with Gasteiger partial charge in [0.05, 0.1) is 27.2 Å². The van der Waals surface area contributed by atoms with E-state index in [1.807, 2.05) is 0 Å². The molecule has 0 radical (unpaired) electrons. The lowest BCUT2D eigenvalue weighted by Gasteiger charge is -2.13. The Morgan fingerprint density at radius 3 is 2.18 bits per heavy atom. The standard InChI is InChI=1S/C23H13ClF4N4O2/c24-17-4-2-14(11-16(17)23(26,27)28)32-22(34)31-13-3-5-18(25)15(10-13)21(33)12-1-6-19-20(9-12)30-8-7-29-19/h1-11H,(H2,31,32,34). The van der Waals surface area contributed by atoms with E-state index < -0.39 is 34.4 Å². The summed E-state index contributed by atoms with van der Waals surface area (Å²) >= 11 is 5.57. The molecule has 0 aliphatic carbocycles. The van der Waals surface area contributed by atoms with E-state index in [1.165, 1.54) is 36.7 Å². The number of benzene rings is 3. The number of carbonyl (C=O) groups is 2. The third-order valence-corrected chi connectivity index (χ3v) is 5.06. The Balaban J connectivity index is 1.54. The van der Waals surface area contributed by atoms with Crippen molar-refractivity contribution < 1.29 is 27.2 Å². The van der Waals surface area contributed by atoms with Gasteiger partial charge >= 0.3 is 12.2 Å². The van der Waals surface area contributed by atoms with Crippen molar-refractivity contribution in [1.29, 1.82) is 0 Å². The van der Waals surface area contributed by atoms with Gasteiger partial charge in [-0.05, 0) is 54.6 Å². The van der Waals surface area contributed by atoms with Gasteiger partial charge in [0.2, 0.25) is 0 Å². The number of hydrogen-bond acceptors (Lipinski definition) is 4. The van der Waals surface area contributed by atoms with Crippen LogP contribution < -0.4 is 10.6 Å². The van der Waals surface area contributed by atoms with Crippen molar-refractivity contribution in [2.45, 2.75) is 6.18 Å². The summed E-state index contributed by atoms with van der Waals surface area (Å²) in [6, 6.07) is 9.83. The van der Waals surface area contributed by atoms with Crippen molar-refractivity contribution in [3.05, 3.63) is 94.5 Å². The Labute approximate surface area is 194 Å². The van der Waals surface area contributed by atoms with E-state index >= 15 is 0 Å².